The molecule has 2 aromatic rings. The molecule has 1 unspecified atom stereocenters. The number of rotatable bonds is 13. The van der Waals surface area contributed by atoms with Gasteiger partial charge in [0.25, 0.3) is 5.91 Å². The van der Waals surface area contributed by atoms with Crippen LogP contribution in [0.15, 0.2) is 59.5 Å². The fourth-order valence-corrected chi connectivity index (χ4v) is 4.45. The number of carbonyl (C=O) groups excluding carboxylic acids is 2. The number of thioether (sulfide) groups is 1. The normalized spacial score (nSPS) is 12.1. The molecule has 0 aromatic heterocycles. The van der Waals surface area contributed by atoms with Crippen LogP contribution >= 0.6 is 11.8 Å². The summed E-state index contributed by atoms with van der Waals surface area (Å²) < 4.78 is 37.7. The molecule has 0 spiro atoms. The number of carbonyl (C=O) groups is 2. The quantitative estimate of drug-likeness (QED) is 0.422. The van der Waals surface area contributed by atoms with Crippen molar-refractivity contribution in [2.45, 2.75) is 23.8 Å². The Morgan fingerprint density at radius 3 is 2.38 bits per heavy atom. The highest BCUT2D eigenvalue weighted by Crippen LogP contribution is 2.12. The molecular weight excluding hydrogens is 452 g/mol. The molecule has 0 aliphatic heterocycles. The zero-order valence-electron chi connectivity index (χ0n) is 18.1. The van der Waals surface area contributed by atoms with Gasteiger partial charge < -0.3 is 14.8 Å². The molecule has 0 aliphatic rings. The average molecular weight is 481 g/mol. The lowest BCUT2D eigenvalue weighted by molar-refractivity contribution is -0.150. The highest BCUT2D eigenvalue weighted by atomic mass is 32.2. The number of benzene rings is 2. The Hall–Kier alpha value is -2.56. The molecule has 2 aromatic carbocycles. The van der Waals surface area contributed by atoms with Gasteiger partial charge in [0.05, 0.1) is 12.0 Å². The van der Waals surface area contributed by atoms with E-state index in [1.54, 1.807) is 25.3 Å². The lowest BCUT2D eigenvalue weighted by Crippen LogP contribution is -2.43. The number of sulfonamides is 1. The number of hydrogen-bond donors (Lipinski definition) is 2. The van der Waals surface area contributed by atoms with Crippen molar-refractivity contribution in [2.24, 2.45) is 0 Å². The summed E-state index contributed by atoms with van der Waals surface area (Å²) in [4.78, 5) is 24.6. The third kappa shape index (κ3) is 8.52. The summed E-state index contributed by atoms with van der Waals surface area (Å²) in [5.74, 6) is 0.0550. The molecule has 0 radical (unpaired) electrons. The zero-order valence-corrected chi connectivity index (χ0v) is 19.7. The smallest absolute Gasteiger partial charge is 0.324 e. The van der Waals surface area contributed by atoms with E-state index >= 15 is 0 Å². The van der Waals surface area contributed by atoms with Crippen LogP contribution in [0.1, 0.15) is 12.0 Å². The van der Waals surface area contributed by atoms with Crippen molar-refractivity contribution in [3.8, 4) is 5.75 Å². The van der Waals surface area contributed by atoms with Crippen molar-refractivity contribution >= 4 is 33.7 Å². The van der Waals surface area contributed by atoms with E-state index in [9.17, 15) is 18.0 Å². The molecule has 0 saturated carbocycles. The topological polar surface area (TPSA) is 111 Å². The van der Waals surface area contributed by atoms with Gasteiger partial charge in [-0.3, -0.25) is 9.59 Å². The van der Waals surface area contributed by atoms with Gasteiger partial charge in [-0.15, -0.1) is 0 Å². The summed E-state index contributed by atoms with van der Waals surface area (Å²) in [5.41, 5.74) is 1.02. The minimum absolute atomic E-state index is 0.0539. The maximum atomic E-state index is 12.6. The second-order valence-electron chi connectivity index (χ2n) is 6.82. The summed E-state index contributed by atoms with van der Waals surface area (Å²) in [6, 6.07) is 14.2. The zero-order chi connectivity index (χ0) is 23.4. The van der Waals surface area contributed by atoms with E-state index in [0.717, 1.165) is 11.3 Å². The predicted octanol–water partition coefficient (Wildman–Crippen LogP) is 2.00. The van der Waals surface area contributed by atoms with Crippen LogP contribution in [0.5, 0.6) is 5.75 Å². The van der Waals surface area contributed by atoms with E-state index in [0.29, 0.717) is 18.7 Å². The second kappa shape index (κ2) is 13.1. The first-order chi connectivity index (χ1) is 15.4. The average Bonchev–Trinajstić information content (AvgIpc) is 2.81. The van der Waals surface area contributed by atoms with Gasteiger partial charge in [-0.2, -0.15) is 16.5 Å². The van der Waals surface area contributed by atoms with Crippen molar-refractivity contribution in [2.75, 3.05) is 32.3 Å². The molecule has 8 nitrogen and oxygen atoms in total. The Kier molecular flexibility index (Phi) is 10.5. The van der Waals surface area contributed by atoms with E-state index in [1.165, 1.54) is 23.9 Å². The van der Waals surface area contributed by atoms with Crippen molar-refractivity contribution < 1.29 is 27.5 Å². The van der Waals surface area contributed by atoms with Crippen molar-refractivity contribution in [3.63, 3.8) is 0 Å². The number of methoxy groups -OCH3 is 1. The molecule has 0 heterocycles. The SMILES string of the molecule is COc1ccc(CCNC(=O)COC(=O)C(CCSC)NS(=O)(=O)c2ccccc2)cc1. The molecule has 0 aliphatic carbocycles. The van der Waals surface area contributed by atoms with E-state index in [1.807, 2.05) is 30.5 Å². The van der Waals surface area contributed by atoms with E-state index in [4.69, 9.17) is 9.47 Å². The highest BCUT2D eigenvalue weighted by molar-refractivity contribution is 7.98. The number of amides is 1. The number of ether oxygens (including phenoxy) is 2. The third-order valence-corrected chi connectivity index (χ3v) is 6.62. The van der Waals surface area contributed by atoms with Gasteiger partial charge in [-0.05, 0) is 54.7 Å². The predicted molar refractivity (Wildman–Crippen MR) is 124 cm³/mol. The van der Waals surface area contributed by atoms with Crippen LogP contribution in [-0.2, 0) is 30.8 Å². The molecular formula is C22H28N2O6S2. The minimum atomic E-state index is -3.89. The third-order valence-electron chi connectivity index (χ3n) is 4.49. The van der Waals surface area contributed by atoms with Crippen LogP contribution < -0.4 is 14.8 Å². The van der Waals surface area contributed by atoms with Gasteiger partial charge >= 0.3 is 5.97 Å². The summed E-state index contributed by atoms with van der Waals surface area (Å²) in [6.07, 6.45) is 2.70. The van der Waals surface area contributed by atoms with Gasteiger partial charge in [0.15, 0.2) is 6.61 Å². The van der Waals surface area contributed by atoms with E-state index < -0.39 is 34.5 Å². The molecule has 1 atom stereocenters. The summed E-state index contributed by atoms with van der Waals surface area (Å²) in [6.45, 7) is -0.108. The van der Waals surface area contributed by atoms with Gasteiger partial charge in [0.1, 0.15) is 11.8 Å². The lowest BCUT2D eigenvalue weighted by atomic mass is 10.1. The van der Waals surface area contributed by atoms with Crippen LogP contribution in [0.25, 0.3) is 0 Å². The van der Waals surface area contributed by atoms with Crippen LogP contribution in [-0.4, -0.2) is 58.6 Å². The monoisotopic (exact) mass is 480 g/mol. The molecule has 0 bridgehead atoms. The first-order valence-electron chi connectivity index (χ1n) is 9.98. The molecule has 174 valence electrons. The lowest BCUT2D eigenvalue weighted by Gasteiger charge is -2.17. The highest BCUT2D eigenvalue weighted by Gasteiger charge is 2.27. The molecule has 10 heteroatoms. The molecule has 2 N–H and O–H groups in total. The van der Waals surface area contributed by atoms with E-state index in [2.05, 4.69) is 10.0 Å². The van der Waals surface area contributed by atoms with Gasteiger partial charge in [0, 0.05) is 6.54 Å². The standard InChI is InChI=1S/C22H28N2O6S2/c1-29-18-10-8-17(9-11-18)12-14-23-21(25)16-30-22(26)20(13-15-31-2)24-32(27,28)19-6-4-3-5-7-19/h3-11,20,24H,12-16H2,1-2H3,(H,23,25). The number of nitrogens with one attached hydrogen (secondary N) is 2. The summed E-state index contributed by atoms with van der Waals surface area (Å²) in [5, 5.41) is 2.68. The number of esters is 1. The molecule has 1 amide bonds. The molecule has 0 saturated heterocycles. The minimum Gasteiger partial charge on any atom is -0.497 e. The Balaban J connectivity index is 1.84. The molecule has 0 fully saturated rings. The van der Waals surface area contributed by atoms with Crippen LogP contribution in [0.2, 0.25) is 0 Å². The van der Waals surface area contributed by atoms with Gasteiger partial charge in [0.2, 0.25) is 10.0 Å². The molecule has 2 rings (SSSR count). The van der Waals surface area contributed by atoms with Gasteiger partial charge in [-0.25, -0.2) is 8.42 Å². The Labute approximate surface area is 193 Å². The summed E-state index contributed by atoms with van der Waals surface area (Å²) in [7, 11) is -2.30. The first-order valence-corrected chi connectivity index (χ1v) is 12.9. The Morgan fingerprint density at radius 1 is 1.06 bits per heavy atom. The fourth-order valence-electron chi connectivity index (χ4n) is 2.74. The van der Waals surface area contributed by atoms with Crippen LogP contribution in [0, 0.1) is 0 Å². The Bertz CT molecular complexity index is 966. The van der Waals surface area contributed by atoms with Crippen LogP contribution in [0.3, 0.4) is 0 Å². The van der Waals surface area contributed by atoms with E-state index in [-0.39, 0.29) is 11.3 Å². The Morgan fingerprint density at radius 2 is 1.75 bits per heavy atom. The summed E-state index contributed by atoms with van der Waals surface area (Å²) >= 11 is 1.48. The molecule has 32 heavy (non-hydrogen) atoms. The van der Waals surface area contributed by atoms with Crippen molar-refractivity contribution in [1.82, 2.24) is 10.0 Å². The maximum absolute atomic E-state index is 12.6. The van der Waals surface area contributed by atoms with Crippen molar-refractivity contribution in [1.29, 1.82) is 0 Å². The number of hydrogen-bond acceptors (Lipinski definition) is 7. The first kappa shape index (κ1) is 25.7. The van der Waals surface area contributed by atoms with Crippen molar-refractivity contribution in [3.05, 3.63) is 60.2 Å². The second-order valence-corrected chi connectivity index (χ2v) is 9.52. The fraction of sp³-hybridized carbons (Fsp3) is 0.364. The van der Waals surface area contributed by atoms with Crippen LogP contribution in [0.4, 0.5) is 0 Å². The van der Waals surface area contributed by atoms with Gasteiger partial charge in [-0.1, -0.05) is 30.3 Å². The maximum Gasteiger partial charge on any atom is 0.324 e. The largest absolute Gasteiger partial charge is 0.497 e.